The average molecular weight is 2780 g/mol. The van der Waals surface area contributed by atoms with Gasteiger partial charge in [-0.3, -0.25) is 152 Å². The number of hydrogen-bond acceptors (Lipinski definition) is 37. The molecule has 0 saturated carbocycles. The van der Waals surface area contributed by atoms with E-state index in [0.29, 0.717) is 0 Å². The van der Waals surface area contributed by atoms with Crippen molar-refractivity contribution >= 4 is 321 Å². The van der Waals surface area contributed by atoms with Gasteiger partial charge in [0.15, 0.2) is 0 Å². The molecule has 0 aliphatic heterocycles. The summed E-state index contributed by atoms with van der Waals surface area (Å²) in [5, 5.41) is 0. The first-order valence-corrected chi connectivity index (χ1v) is 68.3. The van der Waals surface area contributed by atoms with E-state index in [4.69, 9.17) is 492 Å². The van der Waals surface area contributed by atoms with E-state index in [1.165, 1.54) is 0 Å². The maximum atomic E-state index is 8.74. The predicted octanol–water partition coefficient (Wildman–Crippen LogP) is -63.7. The van der Waals surface area contributed by atoms with Gasteiger partial charge in [-0.2, -0.15) is 0 Å². The van der Waals surface area contributed by atoms with Crippen LogP contribution in [0, 0.1) is 0 Å². The van der Waals surface area contributed by atoms with Gasteiger partial charge in [0.2, 0.25) is 0 Å². The second-order valence-corrected chi connectivity index (χ2v) is 29.6. The van der Waals surface area contributed by atoms with Gasteiger partial charge in [-0.25, -0.2) is 0 Å². The second-order valence-electron chi connectivity index (χ2n) is 9.86. The maximum Gasteiger partial charge on any atom is 1.00 e. The Morgan fingerprint density at radius 1 is 0.0704 bits per heavy atom. The first kappa shape index (κ1) is 250. The van der Waals surface area contributed by atoms with E-state index in [0.717, 1.165) is 0 Å². The van der Waals surface area contributed by atoms with E-state index in [1.54, 1.807) is 0 Å². The Bertz CT molecular complexity index is 2010. The van der Waals surface area contributed by atoms with Crippen molar-refractivity contribution in [2.24, 2.45) is 0 Å². The van der Waals surface area contributed by atoms with Crippen LogP contribution in [-0.2, 0) is 156 Å². The summed E-state index contributed by atoms with van der Waals surface area (Å²) in [6.07, 6.45) is 0. The zero-order valence-electron chi connectivity index (χ0n) is 65.0. The normalized spacial score (nSPS) is 5.92. The van der Waals surface area contributed by atoms with E-state index in [9.17, 15) is 0 Å². The SMILES string of the molecule is O=[Si](O)O.O=[Si](O)O.O=[Si](O)O.O=[Si](O)O.O=[Si](O)O.O=[Si](O)O.O=[Si](O)O.O=[Si](O)O.O=[Si](O)O.O=[Si](O)O.O=[Si](O)O.O=[Si](O)O.O=[Si](O)O.O=[Si](O)O.O=[Si](O)O.O=[Si](O)O.O=[Si](O)O.O=[Si](O)O.O=[Si](O)O.O=[Si](O)O.O=[Si](O)O.O=[Si](O)O.O=[Si](O)O.O=[Si](O)O.O=[Si](O)O.O=[Si](O)O.O=[Si](O)O.O=[Si](O)O.O=[Si](O)O.O=[Si](O)O.O=[Si](O)O.O=[Si](O)O.O=[Si](O)O.O=[Si](O)O.O=[Si]([O-])[O-].[Na+].[Na+]. The quantitative estimate of drug-likeness (QED) is 0.100. The first-order chi connectivity index (χ1) is 60.6. The molecule has 0 saturated heterocycles. The Hall–Kier alpha value is -11.4. The summed E-state index contributed by atoms with van der Waals surface area (Å²) in [7, 11) is -110. The maximum absolute atomic E-state index is 8.74. The molecule has 0 aliphatic rings. The van der Waals surface area contributed by atoms with Crippen molar-refractivity contribution in [2.45, 2.75) is 0 Å². The molecule has 0 bridgehead atoms. The van der Waals surface area contributed by atoms with Crippen LogP contribution in [-0.4, -0.2) is 647 Å². The minimum Gasteiger partial charge on any atom is -0.672 e. The van der Waals surface area contributed by atoms with Crippen LogP contribution in [0.3, 0.4) is 0 Å². The summed E-state index contributed by atoms with van der Waals surface area (Å²) in [6.45, 7) is 0. The van der Waals surface area contributed by atoms with Crippen molar-refractivity contribution in [2.75, 3.05) is 0 Å². The molecule has 0 atom stereocenters. The Labute approximate surface area is 865 Å². The van der Waals surface area contributed by atoms with E-state index in [2.05, 4.69) is 0 Å². The number of rotatable bonds is 0. The van der Waals surface area contributed by atoms with Gasteiger partial charge < -0.3 is 340 Å². The summed E-state index contributed by atoms with van der Waals surface area (Å²) < 4.78 is 306. The Morgan fingerprint density at radius 3 is 0.0704 bits per heavy atom. The summed E-state index contributed by atoms with van der Waals surface area (Å²) in [5.41, 5.74) is 0. The van der Waals surface area contributed by atoms with Crippen LogP contribution in [0.5, 0.6) is 0 Å². The van der Waals surface area contributed by atoms with E-state index >= 15 is 0 Å². The molecule has 0 heterocycles. The Kier molecular flexibility index (Phi) is 431. The van der Waals surface area contributed by atoms with Crippen molar-refractivity contribution < 1.29 is 551 Å². The minimum atomic E-state index is -3.63. The zero-order valence-corrected chi connectivity index (χ0v) is 104. The van der Waals surface area contributed by atoms with Crippen molar-refractivity contribution in [1.29, 1.82) is 0 Å². The molecule has 840 valence electrons. The van der Waals surface area contributed by atoms with Crippen LogP contribution in [0.25, 0.3) is 0 Å². The van der Waals surface area contributed by atoms with Crippen molar-refractivity contribution in [3.63, 3.8) is 0 Å². The Balaban J connectivity index is -0.0000000228. The van der Waals surface area contributed by atoms with Gasteiger partial charge in [0.1, 0.15) is 0 Å². The fourth-order valence-electron chi connectivity index (χ4n) is 0. The van der Waals surface area contributed by atoms with Crippen LogP contribution < -0.4 is 68.7 Å². The van der Waals surface area contributed by atoms with E-state index in [-0.39, 0.29) is 59.1 Å². The average Bonchev–Trinajstić information content (AvgIpc) is 3.40. The summed E-state index contributed by atoms with van der Waals surface area (Å²) >= 11 is 0. The largest absolute Gasteiger partial charge is 1.00 e. The van der Waals surface area contributed by atoms with E-state index in [1.807, 2.05) is 0 Å². The molecule has 0 aromatic heterocycles. The molecule has 142 heteroatoms. The molecule has 0 fully saturated rings. The number of hydrogen-bond donors (Lipinski definition) is 68. The third-order valence-corrected chi connectivity index (χ3v) is 0. The smallest absolute Gasteiger partial charge is 0.672 e. The monoisotopic (exact) mass is 2770 g/mol. The van der Waals surface area contributed by atoms with Gasteiger partial charge in [0.05, 0.1) is 0 Å². The molecule has 0 aliphatic carbocycles. The van der Waals surface area contributed by atoms with Gasteiger partial charge >= 0.3 is 371 Å². The van der Waals surface area contributed by atoms with Crippen LogP contribution in [0.1, 0.15) is 0 Å². The predicted molar refractivity (Wildman–Crippen MR) is 376 cm³/mol. The van der Waals surface area contributed by atoms with Gasteiger partial charge in [0.25, 0.3) is 0 Å². The standard InChI is InChI=1S/2Na.34H2O3Si.O3Si/c;;35*1-4(2)3/h;;34*1-2H;/q2*+1;;;;;;;;;;;;;;;;;;;;;;;;;;;;;;;;;;;-2. The van der Waals surface area contributed by atoms with E-state index < -0.39 is 321 Å². The molecule has 0 radical (unpaired) electrons. The van der Waals surface area contributed by atoms with Crippen LogP contribution in [0.4, 0.5) is 0 Å². The van der Waals surface area contributed by atoms with Crippen LogP contribution in [0.15, 0.2) is 0 Å². The topological polar surface area (TPSA) is 2020 Å². The minimum absolute atomic E-state index is 0. The fourth-order valence-corrected chi connectivity index (χ4v) is 0. The summed E-state index contributed by atoms with van der Waals surface area (Å²) in [5.74, 6) is 0. The molecule has 105 nitrogen and oxygen atoms in total. The molecule has 0 spiro atoms. The molecule has 0 aromatic rings. The summed E-state index contributed by atoms with van der Waals surface area (Å²) in [6, 6.07) is 0. The Morgan fingerprint density at radius 2 is 0.0704 bits per heavy atom. The molecule has 68 N–H and O–H groups in total. The van der Waals surface area contributed by atoms with Gasteiger partial charge in [0, 0.05) is 9.17 Å². The first-order valence-electron chi connectivity index (χ1n) is 22.8. The van der Waals surface area contributed by atoms with Gasteiger partial charge in [-0.15, -0.1) is 0 Å². The fraction of sp³-hybridized carbons (Fsp3) is 0. The zero-order chi connectivity index (χ0) is 125. The van der Waals surface area contributed by atoms with Crippen molar-refractivity contribution in [1.82, 2.24) is 0 Å². The molecule has 0 amide bonds. The summed E-state index contributed by atoms with van der Waals surface area (Å²) in [4.78, 5) is 504. The van der Waals surface area contributed by atoms with Gasteiger partial charge in [-0.05, 0) is 0 Å². The molecule has 0 aromatic carbocycles. The molecular weight excluding hydrogens is 2710 g/mol. The third-order valence-electron chi connectivity index (χ3n) is 0. The van der Waals surface area contributed by atoms with Crippen LogP contribution >= 0.6 is 0 Å². The molecular formula is H68Na2O105Si35. The molecule has 0 rings (SSSR count). The molecule has 142 heavy (non-hydrogen) atoms. The second kappa shape index (κ2) is 245. The molecule has 0 unspecified atom stereocenters. The van der Waals surface area contributed by atoms with Gasteiger partial charge in [-0.1, -0.05) is 0 Å². The van der Waals surface area contributed by atoms with Crippen molar-refractivity contribution in [3.05, 3.63) is 0 Å². The van der Waals surface area contributed by atoms with Crippen LogP contribution in [0.2, 0.25) is 0 Å². The van der Waals surface area contributed by atoms with Crippen molar-refractivity contribution in [3.8, 4) is 0 Å². The third kappa shape index (κ3) is 16100.